The van der Waals surface area contributed by atoms with E-state index < -0.39 is 17.4 Å². The molecule has 0 aliphatic carbocycles. The Morgan fingerprint density at radius 2 is 0.911 bits per heavy atom. The number of halogens is 6. The molecule has 0 saturated heterocycles. The van der Waals surface area contributed by atoms with E-state index in [1.807, 2.05) is 62.4 Å². The van der Waals surface area contributed by atoms with Gasteiger partial charge in [-0.25, -0.2) is 9.59 Å². The molecule has 0 aliphatic rings. The molecule has 0 spiro atoms. The monoisotopic (exact) mass is 992 g/mol. The van der Waals surface area contributed by atoms with Crippen LogP contribution in [0.5, 0.6) is 23.0 Å². The summed E-state index contributed by atoms with van der Waals surface area (Å²) in [5, 5.41) is 0. The highest BCUT2D eigenvalue weighted by Gasteiger charge is 2.28. The van der Waals surface area contributed by atoms with Gasteiger partial charge >= 0.3 is 11.9 Å². The molecule has 0 heterocycles. The lowest BCUT2D eigenvalue weighted by molar-refractivity contribution is -0.137. The number of aryl methyl sites for hydroxylation is 2. The van der Waals surface area contributed by atoms with Crippen LogP contribution < -0.4 is 18.9 Å². The first kappa shape index (κ1) is 36.1. The van der Waals surface area contributed by atoms with Crippen molar-refractivity contribution in [2.75, 3.05) is 13.2 Å². The molecular formula is C33H26Br6O6. The fourth-order valence-corrected chi connectivity index (χ4v) is 7.96. The molecule has 0 aliphatic heterocycles. The summed E-state index contributed by atoms with van der Waals surface area (Å²) in [6, 6.07) is 18.7. The van der Waals surface area contributed by atoms with Crippen molar-refractivity contribution < 1.29 is 28.5 Å². The van der Waals surface area contributed by atoms with Crippen LogP contribution in [0, 0.1) is 13.8 Å². The van der Waals surface area contributed by atoms with Crippen LogP contribution in [0.3, 0.4) is 0 Å². The van der Waals surface area contributed by atoms with Gasteiger partial charge in [-0.05, 0) is 160 Å². The number of hydrogen-bond donors (Lipinski definition) is 0. The molecular weight excluding hydrogens is 972 g/mol. The molecule has 4 aromatic carbocycles. The van der Waals surface area contributed by atoms with Crippen molar-refractivity contribution in [2.24, 2.45) is 0 Å². The first-order valence-corrected chi connectivity index (χ1v) is 18.1. The molecule has 0 aromatic heterocycles. The van der Waals surface area contributed by atoms with E-state index in [4.69, 9.17) is 18.9 Å². The van der Waals surface area contributed by atoms with E-state index in [0.717, 1.165) is 31.2 Å². The van der Waals surface area contributed by atoms with Gasteiger partial charge in [-0.2, -0.15) is 0 Å². The fraction of sp³-hybridized carbons (Fsp3) is 0.212. The summed E-state index contributed by atoms with van der Waals surface area (Å²) >= 11 is 21.1. The third-order valence-electron chi connectivity index (χ3n) is 6.84. The number of carbonyl (C=O) groups is 2. The van der Waals surface area contributed by atoms with E-state index in [9.17, 15) is 9.59 Å². The average molecular weight is 998 g/mol. The highest BCUT2D eigenvalue weighted by molar-refractivity contribution is 9.11. The molecule has 0 atom stereocenters. The van der Waals surface area contributed by atoms with Gasteiger partial charge in [0.25, 0.3) is 0 Å². The van der Waals surface area contributed by atoms with Gasteiger partial charge in [0.2, 0.25) is 0 Å². The second kappa shape index (κ2) is 15.5. The smallest absolute Gasteiger partial charge is 0.349 e. The highest BCUT2D eigenvalue weighted by Crippen LogP contribution is 2.44. The minimum Gasteiger partial charge on any atom is -0.482 e. The largest absolute Gasteiger partial charge is 0.482 e. The molecule has 0 amide bonds. The summed E-state index contributed by atoms with van der Waals surface area (Å²) in [6.07, 6.45) is 0. The Balaban J connectivity index is 1.45. The Hall–Kier alpha value is -1.70. The van der Waals surface area contributed by atoms with E-state index in [2.05, 4.69) is 109 Å². The molecule has 12 heteroatoms. The number of esters is 2. The molecule has 0 N–H and O–H groups in total. The van der Waals surface area contributed by atoms with Gasteiger partial charge in [0.15, 0.2) is 24.7 Å². The molecule has 0 radical (unpaired) electrons. The summed E-state index contributed by atoms with van der Waals surface area (Å²) in [5.74, 6) is 0.823. The number of hydrogen-bond acceptors (Lipinski definition) is 6. The minimum absolute atomic E-state index is 0.246. The van der Waals surface area contributed by atoms with E-state index in [-0.39, 0.29) is 13.2 Å². The van der Waals surface area contributed by atoms with Crippen LogP contribution in [0.4, 0.5) is 0 Å². The Morgan fingerprint density at radius 1 is 0.578 bits per heavy atom. The summed E-state index contributed by atoms with van der Waals surface area (Å²) in [5.41, 5.74) is 3.16. The van der Waals surface area contributed by atoms with Gasteiger partial charge in [-0.1, -0.05) is 45.7 Å². The minimum atomic E-state index is -0.541. The molecule has 236 valence electrons. The normalized spacial score (nSPS) is 11.2. The third kappa shape index (κ3) is 9.22. The molecule has 0 saturated carbocycles. The van der Waals surface area contributed by atoms with Crippen LogP contribution in [0.2, 0.25) is 0 Å². The molecule has 0 unspecified atom stereocenters. The van der Waals surface area contributed by atoms with E-state index in [0.29, 0.717) is 40.9 Å². The topological polar surface area (TPSA) is 71.1 Å². The molecule has 45 heavy (non-hydrogen) atoms. The van der Waals surface area contributed by atoms with Crippen LogP contribution in [0.1, 0.15) is 36.1 Å². The number of ether oxygens (including phenoxy) is 4. The van der Waals surface area contributed by atoms with Crippen LogP contribution in [0.15, 0.2) is 87.5 Å². The van der Waals surface area contributed by atoms with Crippen molar-refractivity contribution in [3.05, 3.63) is 110 Å². The number of rotatable bonds is 10. The van der Waals surface area contributed by atoms with Crippen LogP contribution in [-0.2, 0) is 15.0 Å². The zero-order valence-electron chi connectivity index (χ0n) is 24.4. The zero-order valence-corrected chi connectivity index (χ0v) is 33.9. The lowest BCUT2D eigenvalue weighted by Crippen LogP contribution is -2.21. The maximum atomic E-state index is 12.6. The van der Waals surface area contributed by atoms with E-state index >= 15 is 0 Å². The van der Waals surface area contributed by atoms with E-state index in [1.54, 1.807) is 12.1 Å². The average Bonchev–Trinajstić information content (AvgIpc) is 2.95. The van der Waals surface area contributed by atoms with Crippen LogP contribution >= 0.6 is 95.6 Å². The Morgan fingerprint density at radius 3 is 1.22 bits per heavy atom. The maximum absolute atomic E-state index is 12.6. The summed E-state index contributed by atoms with van der Waals surface area (Å²) in [7, 11) is 0. The third-order valence-corrected chi connectivity index (χ3v) is 10.2. The Bertz CT molecular complexity index is 1600. The number of benzene rings is 4. The van der Waals surface area contributed by atoms with Gasteiger partial charge in [-0.15, -0.1) is 0 Å². The Labute approximate surface area is 312 Å². The second-order valence-corrected chi connectivity index (χ2v) is 15.8. The lowest BCUT2D eigenvalue weighted by Gasteiger charge is -2.28. The quantitative estimate of drug-likeness (QED) is 0.116. The van der Waals surface area contributed by atoms with Crippen molar-refractivity contribution in [1.82, 2.24) is 0 Å². The van der Waals surface area contributed by atoms with Gasteiger partial charge in [-0.3, -0.25) is 0 Å². The zero-order chi connectivity index (χ0) is 33.1. The van der Waals surface area contributed by atoms with Gasteiger partial charge in [0.1, 0.15) is 11.5 Å². The predicted molar refractivity (Wildman–Crippen MR) is 196 cm³/mol. The first-order chi connectivity index (χ1) is 21.1. The summed E-state index contributed by atoms with van der Waals surface area (Å²) in [4.78, 5) is 25.3. The highest BCUT2D eigenvalue weighted by atomic mass is 79.9. The standard InChI is InChI=1S/C33H26Br6O6/c1-17-9-21(34)5-7-27(17)42-15-29(40)44-31-23(36)11-19(12-24(31)37)33(3,4)20-13-25(38)32(26(39)14-20)45-30(41)16-43-28-8-6-22(35)10-18(28)2/h5-14H,15-16H2,1-4H3. The Kier molecular flexibility index (Phi) is 12.4. The first-order valence-electron chi connectivity index (χ1n) is 13.3. The van der Waals surface area contributed by atoms with E-state index in [1.165, 1.54) is 0 Å². The van der Waals surface area contributed by atoms with Crippen molar-refractivity contribution in [1.29, 1.82) is 0 Å². The lowest BCUT2D eigenvalue weighted by atomic mass is 9.78. The molecule has 4 aromatic rings. The van der Waals surface area contributed by atoms with Crippen molar-refractivity contribution >= 4 is 108 Å². The molecule has 6 nitrogen and oxygen atoms in total. The molecule has 0 fully saturated rings. The fourth-order valence-electron chi connectivity index (χ4n) is 4.31. The summed E-state index contributed by atoms with van der Waals surface area (Å²) in [6.45, 7) is 7.44. The molecule has 4 rings (SSSR count). The summed E-state index contributed by atoms with van der Waals surface area (Å²) < 4.78 is 26.9. The van der Waals surface area contributed by atoms with Gasteiger partial charge in [0, 0.05) is 14.4 Å². The van der Waals surface area contributed by atoms with Gasteiger partial charge in [0.05, 0.1) is 17.9 Å². The van der Waals surface area contributed by atoms with Crippen LogP contribution in [0.25, 0.3) is 0 Å². The van der Waals surface area contributed by atoms with Crippen molar-refractivity contribution in [3.8, 4) is 23.0 Å². The SMILES string of the molecule is Cc1cc(Br)ccc1OCC(=O)Oc1c(Br)cc(C(C)(C)c2cc(Br)c(OC(=O)COc3ccc(Br)cc3C)c(Br)c2)cc1Br. The second-order valence-electron chi connectivity index (χ2n) is 10.5. The molecule has 0 bridgehead atoms. The van der Waals surface area contributed by atoms with Crippen molar-refractivity contribution in [2.45, 2.75) is 33.1 Å². The number of carbonyl (C=O) groups excluding carboxylic acids is 2. The maximum Gasteiger partial charge on any atom is 0.349 e. The van der Waals surface area contributed by atoms with Gasteiger partial charge < -0.3 is 18.9 Å². The van der Waals surface area contributed by atoms with Crippen molar-refractivity contribution in [3.63, 3.8) is 0 Å². The van der Waals surface area contributed by atoms with Crippen LogP contribution in [-0.4, -0.2) is 25.2 Å². The predicted octanol–water partition coefficient (Wildman–Crippen LogP) is 11.2.